The fraction of sp³-hybridized carbons (Fsp3) is 1.00. The summed E-state index contributed by atoms with van der Waals surface area (Å²) in [4.78, 5) is 0. The smallest absolute Gasteiger partial charge is 0.386 e. The number of hydrogen-bond donors (Lipinski definition) is 0. The van der Waals surface area contributed by atoms with Crippen molar-refractivity contribution in [3.05, 3.63) is 0 Å². The van der Waals surface area contributed by atoms with Gasteiger partial charge in [0.2, 0.25) is 0 Å². The fourth-order valence-electron chi connectivity index (χ4n) is 1.38. The molecule has 0 N–H and O–H groups in total. The van der Waals surface area contributed by atoms with Gasteiger partial charge in [-0.1, -0.05) is 0 Å². The standard InChI is InChI=1S/C11H23BO6/c1-11-3-4-16-12(18-11)17-10-9-15-8-7-14-6-5-13-2/h11H,3-10H2,1-2H3. The van der Waals surface area contributed by atoms with Gasteiger partial charge in [-0.05, 0) is 13.3 Å². The Morgan fingerprint density at radius 2 is 1.72 bits per heavy atom. The maximum Gasteiger partial charge on any atom is 0.639 e. The minimum Gasteiger partial charge on any atom is -0.386 e. The summed E-state index contributed by atoms with van der Waals surface area (Å²) in [5, 5.41) is 0. The van der Waals surface area contributed by atoms with Crippen molar-refractivity contribution in [3.8, 4) is 0 Å². The van der Waals surface area contributed by atoms with Gasteiger partial charge in [-0.3, -0.25) is 0 Å². The van der Waals surface area contributed by atoms with Crippen LogP contribution in [0, 0.1) is 0 Å². The van der Waals surface area contributed by atoms with Crippen molar-refractivity contribution in [3.63, 3.8) is 0 Å². The molecule has 6 nitrogen and oxygen atoms in total. The van der Waals surface area contributed by atoms with E-state index in [1.807, 2.05) is 6.92 Å². The molecule has 106 valence electrons. The summed E-state index contributed by atoms with van der Waals surface area (Å²) in [5.41, 5.74) is 0. The van der Waals surface area contributed by atoms with Crippen molar-refractivity contribution in [1.29, 1.82) is 0 Å². The van der Waals surface area contributed by atoms with Crippen LogP contribution in [-0.2, 0) is 28.2 Å². The van der Waals surface area contributed by atoms with E-state index in [4.69, 9.17) is 28.2 Å². The summed E-state index contributed by atoms with van der Waals surface area (Å²) in [6.45, 7) is 5.97. The number of methoxy groups -OCH3 is 1. The Balaban J connectivity index is 1.80. The Bertz CT molecular complexity index is 194. The Morgan fingerprint density at radius 1 is 1.06 bits per heavy atom. The molecule has 0 aromatic rings. The van der Waals surface area contributed by atoms with E-state index in [1.54, 1.807) is 7.11 Å². The first-order valence-electron chi connectivity index (χ1n) is 6.36. The van der Waals surface area contributed by atoms with Crippen molar-refractivity contribution in [2.75, 3.05) is 53.4 Å². The molecule has 0 radical (unpaired) electrons. The van der Waals surface area contributed by atoms with Crippen LogP contribution in [0.15, 0.2) is 0 Å². The molecule has 1 aliphatic rings. The zero-order chi connectivity index (χ0) is 13.1. The van der Waals surface area contributed by atoms with Gasteiger partial charge >= 0.3 is 7.32 Å². The molecule has 0 bridgehead atoms. The van der Waals surface area contributed by atoms with Gasteiger partial charge in [0.25, 0.3) is 0 Å². The maximum absolute atomic E-state index is 5.42. The molecule has 0 aromatic heterocycles. The number of rotatable bonds is 10. The molecule has 0 saturated carbocycles. The van der Waals surface area contributed by atoms with Crippen LogP contribution in [0.2, 0.25) is 0 Å². The molecule has 0 spiro atoms. The fourth-order valence-corrected chi connectivity index (χ4v) is 1.38. The van der Waals surface area contributed by atoms with Crippen molar-refractivity contribution in [2.45, 2.75) is 19.4 Å². The third kappa shape index (κ3) is 8.02. The minimum absolute atomic E-state index is 0.193. The monoisotopic (exact) mass is 262 g/mol. The Kier molecular flexibility index (Phi) is 9.46. The van der Waals surface area contributed by atoms with E-state index in [1.165, 1.54) is 0 Å². The van der Waals surface area contributed by atoms with Crippen LogP contribution in [-0.4, -0.2) is 66.8 Å². The summed E-state index contributed by atoms with van der Waals surface area (Å²) < 4.78 is 31.5. The summed E-state index contributed by atoms with van der Waals surface area (Å²) in [6, 6.07) is 0. The van der Waals surface area contributed by atoms with Crippen LogP contribution in [0.5, 0.6) is 0 Å². The molecule has 0 amide bonds. The first-order valence-corrected chi connectivity index (χ1v) is 6.36. The zero-order valence-corrected chi connectivity index (χ0v) is 11.3. The molecule has 7 heteroatoms. The zero-order valence-electron chi connectivity index (χ0n) is 11.3. The Hall–Kier alpha value is -0.175. The van der Waals surface area contributed by atoms with Gasteiger partial charge in [-0.25, -0.2) is 0 Å². The van der Waals surface area contributed by atoms with Crippen LogP contribution < -0.4 is 0 Å². The maximum atomic E-state index is 5.42. The van der Waals surface area contributed by atoms with E-state index in [9.17, 15) is 0 Å². The molecule has 1 saturated heterocycles. The first-order chi connectivity index (χ1) is 8.83. The number of ether oxygens (including phenoxy) is 3. The normalized spacial score (nSPS) is 20.3. The molecule has 1 heterocycles. The lowest BCUT2D eigenvalue weighted by molar-refractivity contribution is -0.00996. The van der Waals surface area contributed by atoms with E-state index < -0.39 is 7.32 Å². The minimum atomic E-state index is -0.546. The second-order valence-corrected chi connectivity index (χ2v) is 3.98. The Morgan fingerprint density at radius 3 is 2.39 bits per heavy atom. The predicted molar refractivity (Wildman–Crippen MR) is 66.3 cm³/mol. The summed E-state index contributed by atoms with van der Waals surface area (Å²) in [6.07, 6.45) is 1.11. The highest BCUT2D eigenvalue weighted by Crippen LogP contribution is 2.09. The van der Waals surface area contributed by atoms with E-state index in [0.29, 0.717) is 46.2 Å². The molecule has 0 aliphatic carbocycles. The van der Waals surface area contributed by atoms with Crippen LogP contribution in [0.4, 0.5) is 0 Å². The van der Waals surface area contributed by atoms with Crippen molar-refractivity contribution < 1.29 is 28.2 Å². The van der Waals surface area contributed by atoms with Gasteiger partial charge in [-0.15, -0.1) is 0 Å². The molecular formula is C11H23BO6. The van der Waals surface area contributed by atoms with E-state index in [0.717, 1.165) is 6.42 Å². The van der Waals surface area contributed by atoms with Crippen molar-refractivity contribution in [1.82, 2.24) is 0 Å². The Labute approximate surface area is 109 Å². The molecule has 1 rings (SSSR count). The summed E-state index contributed by atoms with van der Waals surface area (Å²) in [7, 11) is 1.10. The predicted octanol–water partition coefficient (Wildman–Crippen LogP) is 0.493. The quantitative estimate of drug-likeness (QED) is 0.422. The first kappa shape index (κ1) is 15.9. The third-order valence-corrected chi connectivity index (χ3v) is 2.41. The SMILES string of the molecule is COCCOCCOCCOB1OCCC(C)O1. The highest BCUT2D eigenvalue weighted by atomic mass is 16.7. The average Bonchev–Trinajstić information content (AvgIpc) is 2.37. The van der Waals surface area contributed by atoms with Gasteiger partial charge in [-0.2, -0.15) is 0 Å². The summed E-state index contributed by atoms with van der Waals surface area (Å²) >= 11 is 0. The topological polar surface area (TPSA) is 55.4 Å². The van der Waals surface area contributed by atoms with Gasteiger partial charge in [0.05, 0.1) is 39.6 Å². The number of hydrogen-bond acceptors (Lipinski definition) is 6. The largest absolute Gasteiger partial charge is 0.639 e. The van der Waals surface area contributed by atoms with Crippen LogP contribution >= 0.6 is 0 Å². The average molecular weight is 262 g/mol. The lowest BCUT2D eigenvalue weighted by Crippen LogP contribution is -2.37. The van der Waals surface area contributed by atoms with E-state index in [2.05, 4.69) is 0 Å². The second kappa shape index (κ2) is 10.7. The van der Waals surface area contributed by atoms with Crippen LogP contribution in [0.25, 0.3) is 0 Å². The van der Waals surface area contributed by atoms with Gasteiger partial charge in [0.1, 0.15) is 0 Å². The van der Waals surface area contributed by atoms with Crippen LogP contribution in [0.1, 0.15) is 13.3 Å². The lowest BCUT2D eigenvalue weighted by Gasteiger charge is -2.24. The van der Waals surface area contributed by atoms with Gasteiger partial charge < -0.3 is 28.2 Å². The molecule has 1 unspecified atom stereocenters. The van der Waals surface area contributed by atoms with Gasteiger partial charge in [0, 0.05) is 19.8 Å². The molecule has 0 aromatic carbocycles. The summed E-state index contributed by atoms with van der Waals surface area (Å²) in [5.74, 6) is 0. The third-order valence-electron chi connectivity index (χ3n) is 2.41. The molecule has 1 aliphatic heterocycles. The molecule has 1 fully saturated rings. The van der Waals surface area contributed by atoms with E-state index >= 15 is 0 Å². The lowest BCUT2D eigenvalue weighted by atomic mass is 10.1. The molecule has 1 atom stereocenters. The van der Waals surface area contributed by atoms with Crippen molar-refractivity contribution >= 4 is 7.32 Å². The highest BCUT2D eigenvalue weighted by Gasteiger charge is 2.28. The molecule has 18 heavy (non-hydrogen) atoms. The molecular weight excluding hydrogens is 239 g/mol. The van der Waals surface area contributed by atoms with Crippen LogP contribution in [0.3, 0.4) is 0 Å². The van der Waals surface area contributed by atoms with Crippen molar-refractivity contribution in [2.24, 2.45) is 0 Å². The van der Waals surface area contributed by atoms with Gasteiger partial charge in [0.15, 0.2) is 0 Å². The van der Waals surface area contributed by atoms with E-state index in [-0.39, 0.29) is 6.10 Å². The highest BCUT2D eigenvalue weighted by molar-refractivity contribution is 6.36. The second-order valence-electron chi connectivity index (χ2n) is 3.98.